The fraction of sp³-hybridized carbons (Fsp3) is 0.0938. The van der Waals surface area contributed by atoms with E-state index in [2.05, 4.69) is 45.8 Å². The number of rotatable bonds is 10. The van der Waals surface area contributed by atoms with Crippen LogP contribution >= 0.6 is 0 Å². The Bertz CT molecular complexity index is 2130. The molecule has 0 saturated heterocycles. The SMILES string of the molecule is N#CC(N=Nc1ccccc1)C(N)Nc1nc(-c2nn(Cc3ccccc3F)c3ncc(F)cc23)nc(N)c1N=Nc1ccccc1. The number of hydrogen-bond donors (Lipinski definition) is 3. The highest BCUT2D eigenvalue weighted by Gasteiger charge is 2.24. The van der Waals surface area contributed by atoms with Crippen LogP contribution in [0.25, 0.3) is 22.6 Å². The molecule has 2 unspecified atom stereocenters. The van der Waals surface area contributed by atoms with E-state index in [4.69, 9.17) is 11.5 Å². The van der Waals surface area contributed by atoms with Crippen LogP contribution in [0.5, 0.6) is 0 Å². The second-order valence-corrected chi connectivity index (χ2v) is 10.1. The van der Waals surface area contributed by atoms with Crippen molar-refractivity contribution in [2.75, 3.05) is 11.1 Å². The largest absolute Gasteiger partial charge is 0.382 e. The van der Waals surface area contributed by atoms with Crippen molar-refractivity contribution in [3.8, 4) is 17.6 Å². The zero-order valence-electron chi connectivity index (χ0n) is 24.5. The Kier molecular flexibility index (Phi) is 8.84. The van der Waals surface area contributed by atoms with Crippen molar-refractivity contribution in [1.29, 1.82) is 5.26 Å². The Morgan fingerprint density at radius 1 is 0.894 bits per heavy atom. The van der Waals surface area contributed by atoms with Gasteiger partial charge in [0.1, 0.15) is 23.5 Å². The van der Waals surface area contributed by atoms with Gasteiger partial charge in [-0.1, -0.05) is 54.6 Å². The number of nitrogens with zero attached hydrogens (tertiary/aromatic N) is 10. The smallest absolute Gasteiger partial charge is 0.190 e. The fourth-order valence-corrected chi connectivity index (χ4v) is 4.52. The number of aromatic nitrogens is 5. The number of pyridine rings is 1. The molecule has 0 fully saturated rings. The van der Waals surface area contributed by atoms with E-state index in [1.807, 2.05) is 18.2 Å². The minimum Gasteiger partial charge on any atom is -0.382 e. The Morgan fingerprint density at radius 2 is 1.57 bits per heavy atom. The minimum absolute atomic E-state index is 0.00370. The van der Waals surface area contributed by atoms with Crippen LogP contribution in [-0.4, -0.2) is 36.9 Å². The van der Waals surface area contributed by atoms with E-state index in [1.165, 1.54) is 16.8 Å². The minimum atomic E-state index is -1.16. The summed E-state index contributed by atoms with van der Waals surface area (Å²) in [6.45, 7) is -0.00703. The number of halogens is 2. The van der Waals surface area contributed by atoms with Gasteiger partial charge in [-0.3, -0.25) is 0 Å². The molecule has 6 rings (SSSR count). The molecule has 232 valence electrons. The highest BCUT2D eigenvalue weighted by Crippen LogP contribution is 2.35. The van der Waals surface area contributed by atoms with Crippen molar-refractivity contribution in [2.24, 2.45) is 26.2 Å². The number of benzene rings is 3. The van der Waals surface area contributed by atoms with Gasteiger partial charge in [0.25, 0.3) is 0 Å². The van der Waals surface area contributed by atoms with Crippen molar-refractivity contribution in [3.63, 3.8) is 0 Å². The second kappa shape index (κ2) is 13.6. The van der Waals surface area contributed by atoms with Crippen LogP contribution in [0, 0.1) is 23.0 Å². The van der Waals surface area contributed by atoms with Crippen LogP contribution in [0.2, 0.25) is 0 Å². The molecule has 0 aliphatic heterocycles. The molecule has 0 aliphatic rings. The molecule has 2 atom stereocenters. The molecule has 6 aromatic rings. The summed E-state index contributed by atoms with van der Waals surface area (Å²) in [6.07, 6.45) is -0.110. The number of nitrogens with one attached hydrogen (secondary N) is 1. The predicted octanol–water partition coefficient (Wildman–Crippen LogP) is 6.59. The molecule has 0 saturated carbocycles. The monoisotopic (exact) mass is 629 g/mol. The second-order valence-electron chi connectivity index (χ2n) is 10.1. The van der Waals surface area contributed by atoms with E-state index in [-0.39, 0.29) is 46.4 Å². The Morgan fingerprint density at radius 3 is 2.28 bits per heavy atom. The molecule has 0 radical (unpaired) electrons. The van der Waals surface area contributed by atoms with Gasteiger partial charge < -0.3 is 16.8 Å². The van der Waals surface area contributed by atoms with E-state index in [0.29, 0.717) is 16.9 Å². The third-order valence-electron chi connectivity index (χ3n) is 6.81. The maximum Gasteiger partial charge on any atom is 0.190 e. The molecule has 5 N–H and O–H groups in total. The quantitative estimate of drug-likeness (QED) is 0.112. The standard InChI is InChI=1S/C32H25F2N13/c33-20-15-23-26(46-47(32(23)38-17-20)18-19-9-7-8-14-24(19)34)30-40-29(37)27(45-43-22-12-5-2-6-13-22)31(41-30)39-28(36)25(16-35)44-42-21-10-3-1-4-11-21/h1-15,17,25,28H,18,36H2,(H3,37,39,40,41). The average Bonchev–Trinajstić information content (AvgIpc) is 3.43. The molecule has 0 bridgehead atoms. The predicted molar refractivity (Wildman–Crippen MR) is 171 cm³/mol. The molecule has 3 aromatic heterocycles. The Hall–Kier alpha value is -6.53. The van der Waals surface area contributed by atoms with Gasteiger partial charge in [-0.05, 0) is 36.4 Å². The van der Waals surface area contributed by atoms with Crippen LogP contribution in [0.15, 0.2) is 118 Å². The fourth-order valence-electron chi connectivity index (χ4n) is 4.52. The lowest BCUT2D eigenvalue weighted by Gasteiger charge is -2.18. The number of nitrogen functional groups attached to an aromatic ring is 1. The van der Waals surface area contributed by atoms with Crippen LogP contribution < -0.4 is 16.8 Å². The van der Waals surface area contributed by atoms with Crippen LogP contribution in [-0.2, 0) is 6.54 Å². The first-order chi connectivity index (χ1) is 22.9. The maximum absolute atomic E-state index is 14.5. The highest BCUT2D eigenvalue weighted by atomic mass is 19.1. The maximum atomic E-state index is 14.5. The number of hydrogen-bond acceptors (Lipinski definition) is 12. The molecule has 13 nitrogen and oxygen atoms in total. The van der Waals surface area contributed by atoms with Crippen molar-refractivity contribution in [2.45, 2.75) is 18.8 Å². The Labute approximate surface area is 266 Å². The molecule has 0 spiro atoms. The zero-order valence-corrected chi connectivity index (χ0v) is 24.5. The lowest BCUT2D eigenvalue weighted by atomic mass is 10.2. The average molecular weight is 630 g/mol. The van der Waals surface area contributed by atoms with Gasteiger partial charge >= 0.3 is 0 Å². The van der Waals surface area contributed by atoms with Gasteiger partial charge in [0.05, 0.1) is 35.6 Å². The normalized spacial score (nSPS) is 12.8. The highest BCUT2D eigenvalue weighted by molar-refractivity contribution is 5.90. The molecule has 0 aliphatic carbocycles. The van der Waals surface area contributed by atoms with Gasteiger partial charge in [0, 0.05) is 5.56 Å². The topological polar surface area (TPSA) is 194 Å². The molecule has 0 amide bonds. The molecule has 3 heterocycles. The first kappa shape index (κ1) is 30.5. The zero-order chi connectivity index (χ0) is 32.8. The number of azo groups is 2. The molecule has 3 aromatic carbocycles. The first-order valence-corrected chi connectivity index (χ1v) is 14.2. The van der Waals surface area contributed by atoms with Crippen LogP contribution in [0.4, 0.5) is 37.5 Å². The van der Waals surface area contributed by atoms with E-state index in [0.717, 1.165) is 6.20 Å². The summed E-state index contributed by atoms with van der Waals surface area (Å²) in [7, 11) is 0. The number of nitrogens with two attached hydrogens (primary N) is 2. The van der Waals surface area contributed by atoms with E-state index in [9.17, 15) is 14.0 Å². The van der Waals surface area contributed by atoms with Gasteiger partial charge in [-0.25, -0.2) is 28.4 Å². The van der Waals surface area contributed by atoms with Gasteiger partial charge in [-0.2, -0.15) is 25.7 Å². The van der Waals surface area contributed by atoms with E-state index >= 15 is 0 Å². The van der Waals surface area contributed by atoms with Crippen LogP contribution in [0.3, 0.4) is 0 Å². The summed E-state index contributed by atoms with van der Waals surface area (Å²) in [5.41, 5.74) is 14.6. The summed E-state index contributed by atoms with van der Waals surface area (Å²) in [4.78, 5) is 13.2. The molecule has 47 heavy (non-hydrogen) atoms. The summed E-state index contributed by atoms with van der Waals surface area (Å²) in [6, 6.07) is 26.0. The summed E-state index contributed by atoms with van der Waals surface area (Å²) >= 11 is 0. The molecular formula is C32H25F2N13. The number of fused-ring (bicyclic) bond motifs is 1. The summed E-state index contributed by atoms with van der Waals surface area (Å²) < 4.78 is 30.4. The third kappa shape index (κ3) is 6.92. The molecule has 15 heteroatoms. The number of anilines is 2. The van der Waals surface area contributed by atoms with E-state index < -0.39 is 23.8 Å². The lowest BCUT2D eigenvalue weighted by Crippen LogP contribution is -2.40. The summed E-state index contributed by atoms with van der Waals surface area (Å²) in [5.74, 6) is -1.24. The van der Waals surface area contributed by atoms with Crippen molar-refractivity contribution in [3.05, 3.63) is 114 Å². The van der Waals surface area contributed by atoms with Gasteiger partial charge in [-0.15, -0.1) is 5.11 Å². The molecular weight excluding hydrogens is 604 g/mol. The Balaban J connectivity index is 1.43. The first-order valence-electron chi connectivity index (χ1n) is 14.2. The number of nitriles is 1. The van der Waals surface area contributed by atoms with Gasteiger partial charge in [0.2, 0.25) is 0 Å². The van der Waals surface area contributed by atoms with Crippen LogP contribution in [0.1, 0.15) is 5.56 Å². The van der Waals surface area contributed by atoms with Gasteiger partial charge in [0.15, 0.2) is 34.8 Å². The third-order valence-corrected chi connectivity index (χ3v) is 6.81. The van der Waals surface area contributed by atoms with Crippen molar-refractivity contribution in [1.82, 2.24) is 24.7 Å². The lowest BCUT2D eigenvalue weighted by molar-refractivity contribution is 0.588. The van der Waals surface area contributed by atoms with E-state index in [1.54, 1.807) is 66.7 Å². The van der Waals surface area contributed by atoms with Crippen molar-refractivity contribution >= 4 is 39.7 Å². The summed E-state index contributed by atoms with van der Waals surface area (Å²) in [5, 5.41) is 34.3. The van der Waals surface area contributed by atoms with Crippen molar-refractivity contribution < 1.29 is 8.78 Å².